The summed E-state index contributed by atoms with van der Waals surface area (Å²) in [7, 11) is -2.86. The van der Waals surface area contributed by atoms with Gasteiger partial charge in [0.25, 0.3) is 5.91 Å². The van der Waals surface area contributed by atoms with Gasteiger partial charge in [0.2, 0.25) is 0 Å². The first-order chi connectivity index (χ1) is 14.9. The lowest BCUT2D eigenvalue weighted by molar-refractivity contribution is 0.100. The van der Waals surface area contributed by atoms with Crippen LogP contribution >= 0.6 is 0 Å². The fourth-order valence-electron chi connectivity index (χ4n) is 3.21. The summed E-state index contributed by atoms with van der Waals surface area (Å²) in [5, 5.41) is 2.18. The number of benzene rings is 3. The van der Waals surface area contributed by atoms with Gasteiger partial charge in [0.1, 0.15) is 0 Å². The average molecular weight is 425 g/mol. The van der Waals surface area contributed by atoms with Crippen LogP contribution in [0.1, 0.15) is 27.0 Å². The van der Waals surface area contributed by atoms with Crippen LogP contribution in [0.15, 0.2) is 94.4 Å². The van der Waals surface area contributed by atoms with Crippen LogP contribution in [0.25, 0.3) is 10.8 Å². The van der Waals surface area contributed by atoms with E-state index in [9.17, 15) is 9.00 Å². The molecule has 0 aliphatic carbocycles. The van der Waals surface area contributed by atoms with Crippen LogP contribution in [0.4, 0.5) is 0 Å². The lowest BCUT2D eigenvalue weighted by Gasteiger charge is -2.05. The Morgan fingerprint density at radius 2 is 1.71 bits per heavy atom. The van der Waals surface area contributed by atoms with Crippen molar-refractivity contribution in [1.82, 2.24) is 4.98 Å². The number of hydrogen-bond acceptors (Lipinski definition) is 3. The molecule has 0 N–H and O–H groups in total. The summed E-state index contributed by atoms with van der Waals surface area (Å²) in [5.41, 5.74) is 2.71. The second-order valence-corrected chi connectivity index (χ2v) is 9.51. The standard InChI is InChI=1S/C26H20N2O2S/c1-19-7-5-11-24(15-19)31(2,30)28-26(29)23-16-20(17-27-18-23)13-14-22-10-6-9-21-8-3-4-12-25(21)22/h3-12,15-18H,1-2H3. The molecule has 0 saturated heterocycles. The topological polar surface area (TPSA) is 59.4 Å². The first-order valence-electron chi connectivity index (χ1n) is 9.70. The maximum absolute atomic E-state index is 13.0. The third-order valence-electron chi connectivity index (χ3n) is 4.80. The maximum Gasteiger partial charge on any atom is 0.286 e. The van der Waals surface area contributed by atoms with Gasteiger partial charge in [0.05, 0.1) is 15.3 Å². The zero-order valence-corrected chi connectivity index (χ0v) is 18.0. The van der Waals surface area contributed by atoms with Crippen molar-refractivity contribution in [1.29, 1.82) is 0 Å². The average Bonchev–Trinajstić information content (AvgIpc) is 2.77. The summed E-state index contributed by atoms with van der Waals surface area (Å²) >= 11 is 0. The number of amides is 1. The number of nitrogens with zero attached hydrogens (tertiary/aromatic N) is 2. The fraction of sp³-hybridized carbons (Fsp3) is 0.0769. The molecule has 1 aromatic heterocycles. The van der Waals surface area contributed by atoms with Gasteiger partial charge in [0, 0.05) is 34.7 Å². The number of pyridine rings is 1. The number of aryl methyl sites for hydroxylation is 1. The lowest BCUT2D eigenvalue weighted by atomic mass is 10.0. The van der Waals surface area contributed by atoms with Crippen molar-refractivity contribution in [2.24, 2.45) is 4.36 Å². The molecule has 4 nitrogen and oxygen atoms in total. The smallest absolute Gasteiger partial charge is 0.266 e. The molecule has 152 valence electrons. The molecule has 0 radical (unpaired) electrons. The van der Waals surface area contributed by atoms with Crippen molar-refractivity contribution in [2.75, 3.05) is 6.26 Å². The van der Waals surface area contributed by atoms with Gasteiger partial charge in [-0.15, -0.1) is 0 Å². The van der Waals surface area contributed by atoms with E-state index >= 15 is 0 Å². The molecule has 0 bridgehead atoms. The van der Waals surface area contributed by atoms with Crippen molar-refractivity contribution >= 4 is 26.4 Å². The van der Waals surface area contributed by atoms with E-state index in [0.29, 0.717) is 10.5 Å². The predicted molar refractivity (Wildman–Crippen MR) is 124 cm³/mol. The largest absolute Gasteiger partial charge is 0.286 e. The number of rotatable bonds is 2. The van der Waals surface area contributed by atoms with E-state index in [1.54, 1.807) is 30.5 Å². The molecule has 4 rings (SSSR count). The van der Waals surface area contributed by atoms with Crippen LogP contribution in [0.5, 0.6) is 0 Å². The van der Waals surface area contributed by atoms with Crippen LogP contribution < -0.4 is 0 Å². The Labute approximate surface area is 182 Å². The van der Waals surface area contributed by atoms with Crippen molar-refractivity contribution in [3.63, 3.8) is 0 Å². The van der Waals surface area contributed by atoms with Crippen LogP contribution in [0, 0.1) is 18.8 Å². The minimum Gasteiger partial charge on any atom is -0.266 e. The SMILES string of the molecule is Cc1cccc(S(C)(=O)=NC(=O)c2cncc(C#Cc3cccc4ccccc34)c2)c1. The molecular formula is C26H20N2O2S. The van der Waals surface area contributed by atoms with Crippen molar-refractivity contribution < 1.29 is 9.00 Å². The van der Waals surface area contributed by atoms with Crippen LogP contribution in [0.3, 0.4) is 0 Å². The van der Waals surface area contributed by atoms with Gasteiger partial charge in [-0.1, -0.05) is 60.4 Å². The third-order valence-corrected chi connectivity index (χ3v) is 6.44. The molecule has 1 atom stereocenters. The third kappa shape index (κ3) is 4.71. The van der Waals surface area contributed by atoms with Gasteiger partial charge < -0.3 is 0 Å². The molecular weight excluding hydrogens is 404 g/mol. The highest BCUT2D eigenvalue weighted by Crippen LogP contribution is 2.18. The van der Waals surface area contributed by atoms with Crippen LogP contribution in [-0.4, -0.2) is 21.4 Å². The Hall–Kier alpha value is -3.75. The molecule has 0 spiro atoms. The van der Waals surface area contributed by atoms with Gasteiger partial charge in [-0.2, -0.15) is 4.36 Å². The quantitative estimate of drug-likeness (QED) is 0.414. The van der Waals surface area contributed by atoms with Crippen molar-refractivity contribution in [3.8, 4) is 11.8 Å². The summed E-state index contributed by atoms with van der Waals surface area (Å²) in [6.45, 7) is 1.91. The zero-order valence-electron chi connectivity index (χ0n) is 17.2. The predicted octanol–water partition coefficient (Wildman–Crippen LogP) is 5.24. The Balaban J connectivity index is 1.66. The van der Waals surface area contributed by atoms with Crippen LogP contribution in [-0.2, 0) is 9.73 Å². The monoisotopic (exact) mass is 424 g/mol. The maximum atomic E-state index is 13.0. The van der Waals surface area contributed by atoms with E-state index in [4.69, 9.17) is 0 Å². The molecule has 5 heteroatoms. The van der Waals surface area contributed by atoms with Gasteiger partial charge >= 0.3 is 0 Å². The first kappa shape index (κ1) is 20.5. The van der Waals surface area contributed by atoms with Gasteiger partial charge in [-0.25, -0.2) is 4.21 Å². The van der Waals surface area contributed by atoms with Crippen molar-refractivity contribution in [2.45, 2.75) is 11.8 Å². The van der Waals surface area contributed by atoms with E-state index < -0.39 is 15.6 Å². The van der Waals surface area contributed by atoms with E-state index in [1.165, 1.54) is 12.5 Å². The minimum atomic E-state index is -2.86. The van der Waals surface area contributed by atoms with E-state index in [1.807, 2.05) is 55.5 Å². The molecule has 1 heterocycles. The fourth-order valence-corrected chi connectivity index (χ4v) is 4.48. The molecule has 1 amide bonds. The number of carbonyl (C=O) groups is 1. The second kappa shape index (κ2) is 8.55. The summed E-state index contributed by atoms with van der Waals surface area (Å²) in [5.74, 6) is 5.66. The van der Waals surface area contributed by atoms with Gasteiger partial charge in [0.15, 0.2) is 0 Å². The second-order valence-electron chi connectivity index (χ2n) is 7.25. The Morgan fingerprint density at radius 1 is 0.935 bits per heavy atom. The van der Waals surface area contributed by atoms with Gasteiger partial charge in [-0.05, 0) is 47.5 Å². The summed E-state index contributed by atoms with van der Waals surface area (Å²) in [6, 6.07) is 22.8. The van der Waals surface area contributed by atoms with E-state index in [0.717, 1.165) is 21.9 Å². The molecule has 0 aliphatic heterocycles. The Kier molecular flexibility index (Phi) is 5.66. The number of fused-ring (bicyclic) bond motifs is 1. The first-order valence-corrected chi connectivity index (χ1v) is 11.6. The minimum absolute atomic E-state index is 0.256. The van der Waals surface area contributed by atoms with Crippen LogP contribution in [0.2, 0.25) is 0 Å². The number of hydrogen-bond donors (Lipinski definition) is 0. The van der Waals surface area contributed by atoms with Crippen molar-refractivity contribution in [3.05, 3.63) is 107 Å². The zero-order chi connectivity index (χ0) is 21.8. The summed E-state index contributed by atoms with van der Waals surface area (Å²) in [6.07, 6.45) is 4.48. The van der Waals surface area contributed by atoms with E-state index in [-0.39, 0.29) is 5.56 Å². The summed E-state index contributed by atoms with van der Waals surface area (Å²) in [4.78, 5) is 17.3. The highest BCUT2D eigenvalue weighted by atomic mass is 32.2. The van der Waals surface area contributed by atoms with Gasteiger partial charge in [-0.3, -0.25) is 9.78 Å². The Bertz CT molecular complexity index is 1480. The molecule has 0 fully saturated rings. The summed E-state index contributed by atoms with van der Waals surface area (Å²) < 4.78 is 17.0. The molecule has 0 saturated carbocycles. The normalized spacial score (nSPS) is 12.5. The number of carbonyl (C=O) groups excluding carboxylic acids is 1. The van der Waals surface area contributed by atoms with E-state index in [2.05, 4.69) is 21.2 Å². The molecule has 3 aromatic carbocycles. The molecule has 31 heavy (non-hydrogen) atoms. The molecule has 0 aliphatic rings. The highest BCUT2D eigenvalue weighted by Gasteiger charge is 2.12. The molecule has 1 unspecified atom stereocenters. The Morgan fingerprint density at radius 3 is 2.55 bits per heavy atom. The number of aromatic nitrogens is 1. The highest BCUT2D eigenvalue weighted by molar-refractivity contribution is 7.93. The lowest BCUT2D eigenvalue weighted by Crippen LogP contribution is -2.04. The molecule has 4 aromatic rings.